The van der Waals surface area contributed by atoms with Gasteiger partial charge in [-0.3, -0.25) is 9.59 Å². The molecule has 0 rings (SSSR count). The summed E-state index contributed by atoms with van der Waals surface area (Å²) in [5.41, 5.74) is 0. The first kappa shape index (κ1) is 21.9. The second-order valence-corrected chi connectivity index (χ2v) is 6.52. The van der Waals surface area contributed by atoms with Gasteiger partial charge in [-0.05, 0) is 32.6 Å². The second-order valence-electron chi connectivity index (χ2n) is 6.52. The molecular weight excluding hydrogens is 292 g/mol. The monoisotopic (exact) mass is 328 g/mol. The zero-order valence-electron chi connectivity index (χ0n) is 15.1. The first-order chi connectivity index (χ1) is 11.1. The molecule has 1 atom stereocenters. The number of rotatable bonds is 16. The Hall–Kier alpha value is -1.06. The van der Waals surface area contributed by atoms with E-state index in [1.54, 1.807) is 0 Å². The fourth-order valence-corrected chi connectivity index (χ4v) is 2.63. The molecule has 0 spiro atoms. The molecule has 0 radical (unpaired) electrons. The number of hydrogen-bond donors (Lipinski definition) is 1. The molecule has 23 heavy (non-hydrogen) atoms. The lowest BCUT2D eigenvalue weighted by Gasteiger charge is -2.13. The third kappa shape index (κ3) is 17.1. The Morgan fingerprint density at radius 2 is 1.35 bits per heavy atom. The molecule has 4 nitrogen and oxygen atoms in total. The fraction of sp³-hybridized carbons (Fsp3) is 0.895. The van der Waals surface area contributed by atoms with Crippen molar-refractivity contribution in [1.29, 1.82) is 0 Å². The number of esters is 1. The summed E-state index contributed by atoms with van der Waals surface area (Å²) >= 11 is 0. The van der Waals surface area contributed by atoms with Gasteiger partial charge in [0.1, 0.15) is 0 Å². The van der Waals surface area contributed by atoms with Crippen LogP contribution in [0.3, 0.4) is 0 Å². The molecule has 0 aromatic rings. The maximum atomic E-state index is 11.7. The van der Waals surface area contributed by atoms with Gasteiger partial charge in [-0.1, -0.05) is 58.3 Å². The van der Waals surface area contributed by atoms with E-state index in [0.717, 1.165) is 32.1 Å². The lowest BCUT2D eigenvalue weighted by molar-refractivity contribution is -0.148. The summed E-state index contributed by atoms with van der Waals surface area (Å²) in [6.45, 7) is 4.20. The average molecular weight is 328 g/mol. The highest BCUT2D eigenvalue weighted by atomic mass is 16.5. The van der Waals surface area contributed by atoms with Gasteiger partial charge in [0.2, 0.25) is 0 Å². The van der Waals surface area contributed by atoms with Crippen molar-refractivity contribution in [3.8, 4) is 0 Å². The van der Waals surface area contributed by atoms with E-state index in [0.29, 0.717) is 12.8 Å². The number of ether oxygens (including phenoxy) is 1. The van der Waals surface area contributed by atoms with Crippen LogP contribution in [-0.2, 0) is 14.3 Å². The van der Waals surface area contributed by atoms with Crippen molar-refractivity contribution in [3.63, 3.8) is 0 Å². The molecule has 0 aliphatic rings. The number of aliphatic carboxylic acids is 1. The quantitative estimate of drug-likeness (QED) is 0.301. The molecule has 0 aromatic heterocycles. The van der Waals surface area contributed by atoms with Gasteiger partial charge in [0.15, 0.2) is 0 Å². The van der Waals surface area contributed by atoms with Crippen LogP contribution in [-0.4, -0.2) is 23.1 Å². The highest BCUT2D eigenvalue weighted by molar-refractivity contribution is 5.69. The molecule has 0 bridgehead atoms. The smallest absolute Gasteiger partial charge is 0.306 e. The van der Waals surface area contributed by atoms with Crippen molar-refractivity contribution < 1.29 is 19.4 Å². The van der Waals surface area contributed by atoms with E-state index in [9.17, 15) is 9.59 Å². The van der Waals surface area contributed by atoms with Gasteiger partial charge in [0.05, 0.1) is 6.10 Å². The SMILES string of the molecule is CCCCCCCCCC(C)OC(=O)CCCCCCC(=O)O. The van der Waals surface area contributed by atoms with E-state index in [1.165, 1.54) is 38.5 Å². The zero-order valence-corrected chi connectivity index (χ0v) is 15.1. The van der Waals surface area contributed by atoms with Crippen LogP contribution < -0.4 is 0 Å². The van der Waals surface area contributed by atoms with Crippen molar-refractivity contribution in [2.75, 3.05) is 0 Å². The minimum atomic E-state index is -0.747. The largest absolute Gasteiger partial charge is 0.481 e. The first-order valence-electron chi connectivity index (χ1n) is 9.47. The standard InChI is InChI=1S/C19H36O4/c1-3-4-5-6-7-8-11-14-17(2)23-19(22)16-13-10-9-12-15-18(20)21/h17H,3-16H2,1-2H3,(H,20,21). The van der Waals surface area contributed by atoms with Crippen LogP contribution in [0.1, 0.15) is 104 Å². The summed E-state index contributed by atoms with van der Waals surface area (Å²) in [6.07, 6.45) is 13.8. The van der Waals surface area contributed by atoms with E-state index in [-0.39, 0.29) is 18.5 Å². The van der Waals surface area contributed by atoms with Crippen molar-refractivity contribution in [3.05, 3.63) is 0 Å². The molecule has 0 fully saturated rings. The Morgan fingerprint density at radius 1 is 0.826 bits per heavy atom. The number of hydrogen-bond acceptors (Lipinski definition) is 3. The Morgan fingerprint density at radius 3 is 1.96 bits per heavy atom. The minimum Gasteiger partial charge on any atom is -0.481 e. The van der Waals surface area contributed by atoms with Gasteiger partial charge >= 0.3 is 11.9 Å². The van der Waals surface area contributed by atoms with Crippen molar-refractivity contribution in [2.45, 2.75) is 110 Å². The molecule has 0 aromatic carbocycles. The molecule has 0 heterocycles. The van der Waals surface area contributed by atoms with Crippen molar-refractivity contribution in [2.24, 2.45) is 0 Å². The van der Waals surface area contributed by atoms with Gasteiger partial charge in [-0.2, -0.15) is 0 Å². The first-order valence-corrected chi connectivity index (χ1v) is 9.47. The minimum absolute atomic E-state index is 0.0187. The van der Waals surface area contributed by atoms with Gasteiger partial charge in [-0.15, -0.1) is 0 Å². The van der Waals surface area contributed by atoms with E-state index in [2.05, 4.69) is 6.92 Å². The van der Waals surface area contributed by atoms with Crippen LogP contribution in [0.15, 0.2) is 0 Å². The fourth-order valence-electron chi connectivity index (χ4n) is 2.63. The van der Waals surface area contributed by atoms with Gasteiger partial charge in [0.25, 0.3) is 0 Å². The normalized spacial score (nSPS) is 12.1. The maximum Gasteiger partial charge on any atom is 0.306 e. The maximum absolute atomic E-state index is 11.7. The molecule has 1 N–H and O–H groups in total. The third-order valence-corrected chi connectivity index (χ3v) is 4.07. The topological polar surface area (TPSA) is 63.6 Å². The number of carboxylic acids is 1. The lowest BCUT2D eigenvalue weighted by atomic mass is 10.1. The molecule has 1 unspecified atom stereocenters. The van der Waals surface area contributed by atoms with Gasteiger partial charge in [-0.25, -0.2) is 0 Å². The van der Waals surface area contributed by atoms with E-state index in [4.69, 9.17) is 9.84 Å². The summed E-state index contributed by atoms with van der Waals surface area (Å²) < 4.78 is 5.41. The number of unbranched alkanes of at least 4 members (excludes halogenated alkanes) is 9. The number of carbonyl (C=O) groups excluding carboxylic acids is 1. The van der Waals surface area contributed by atoms with Crippen LogP contribution in [0, 0.1) is 0 Å². The summed E-state index contributed by atoms with van der Waals surface area (Å²) in [7, 11) is 0. The molecule has 0 aliphatic carbocycles. The van der Waals surface area contributed by atoms with Crippen LogP contribution in [0.2, 0.25) is 0 Å². The molecule has 4 heteroatoms. The van der Waals surface area contributed by atoms with Crippen LogP contribution in [0.4, 0.5) is 0 Å². The molecule has 0 saturated carbocycles. The summed E-state index contributed by atoms with van der Waals surface area (Å²) in [5, 5.41) is 8.53. The molecule has 0 aliphatic heterocycles. The highest BCUT2D eigenvalue weighted by Crippen LogP contribution is 2.12. The average Bonchev–Trinajstić information content (AvgIpc) is 2.49. The van der Waals surface area contributed by atoms with Crippen LogP contribution in [0.5, 0.6) is 0 Å². The molecule has 136 valence electrons. The van der Waals surface area contributed by atoms with E-state index < -0.39 is 5.97 Å². The number of carbonyl (C=O) groups is 2. The highest BCUT2D eigenvalue weighted by Gasteiger charge is 2.09. The second kappa shape index (κ2) is 15.8. The van der Waals surface area contributed by atoms with Gasteiger partial charge < -0.3 is 9.84 Å². The Kier molecular flexibility index (Phi) is 15.1. The lowest BCUT2D eigenvalue weighted by Crippen LogP contribution is -2.14. The predicted octanol–water partition coefficient (Wildman–Crippen LogP) is 5.48. The van der Waals surface area contributed by atoms with Crippen molar-refractivity contribution in [1.82, 2.24) is 0 Å². The number of carboxylic acid groups (broad SMARTS) is 1. The van der Waals surface area contributed by atoms with E-state index in [1.807, 2.05) is 6.92 Å². The third-order valence-electron chi connectivity index (χ3n) is 4.07. The zero-order chi connectivity index (χ0) is 17.3. The Balaban J connectivity index is 3.39. The van der Waals surface area contributed by atoms with Crippen molar-refractivity contribution >= 4 is 11.9 Å². The summed E-state index contributed by atoms with van der Waals surface area (Å²) in [4.78, 5) is 22.0. The summed E-state index contributed by atoms with van der Waals surface area (Å²) in [6, 6.07) is 0. The van der Waals surface area contributed by atoms with Gasteiger partial charge in [0, 0.05) is 12.8 Å². The van der Waals surface area contributed by atoms with Crippen LogP contribution in [0.25, 0.3) is 0 Å². The summed E-state index contributed by atoms with van der Waals surface area (Å²) in [5.74, 6) is -0.859. The molecule has 0 saturated heterocycles. The predicted molar refractivity (Wildman–Crippen MR) is 93.5 cm³/mol. The Bertz CT molecular complexity index is 302. The molecule has 0 amide bonds. The van der Waals surface area contributed by atoms with Crippen LogP contribution >= 0.6 is 0 Å². The Labute approximate surface area is 142 Å². The molecular formula is C19H36O4. The van der Waals surface area contributed by atoms with E-state index >= 15 is 0 Å².